The average Bonchev–Trinajstić information content (AvgIpc) is 3.06. The van der Waals surface area contributed by atoms with Crippen LogP contribution in [0.3, 0.4) is 0 Å². The maximum atomic E-state index is 12.1. The molecule has 7 heteroatoms. The quantitative estimate of drug-likeness (QED) is 0.632. The molecule has 0 bridgehead atoms. The van der Waals surface area contributed by atoms with Gasteiger partial charge in [-0.3, -0.25) is 14.9 Å². The number of nitrogens with one attached hydrogen (secondary N) is 1. The van der Waals surface area contributed by atoms with Crippen molar-refractivity contribution in [2.75, 3.05) is 6.54 Å². The summed E-state index contributed by atoms with van der Waals surface area (Å²) in [5.41, 5.74) is 1.47. The number of aliphatic hydroxyl groups is 1. The Balaban J connectivity index is 2.06. The van der Waals surface area contributed by atoms with Crippen LogP contribution in [0.25, 0.3) is 0 Å². The van der Waals surface area contributed by atoms with Gasteiger partial charge in [-0.1, -0.05) is 13.0 Å². The Morgan fingerprint density at radius 1 is 1.45 bits per heavy atom. The highest BCUT2D eigenvalue weighted by molar-refractivity contribution is 7.07. The Bertz CT molecular complexity index is 670. The van der Waals surface area contributed by atoms with E-state index < -0.39 is 16.9 Å². The van der Waals surface area contributed by atoms with Crippen molar-refractivity contribution in [3.63, 3.8) is 0 Å². The zero-order valence-electron chi connectivity index (χ0n) is 12.0. The lowest BCUT2D eigenvalue weighted by Crippen LogP contribution is -2.28. The molecule has 0 aliphatic heterocycles. The Hall–Kier alpha value is -2.25. The van der Waals surface area contributed by atoms with E-state index in [1.54, 1.807) is 23.6 Å². The van der Waals surface area contributed by atoms with Crippen LogP contribution in [0, 0.1) is 10.1 Å². The number of nitrogens with zero attached hydrogens (tertiary/aromatic N) is 1. The first-order chi connectivity index (χ1) is 10.5. The van der Waals surface area contributed by atoms with Crippen LogP contribution in [0.1, 0.15) is 34.5 Å². The van der Waals surface area contributed by atoms with E-state index in [0.29, 0.717) is 12.0 Å². The number of nitro groups is 1. The van der Waals surface area contributed by atoms with Crippen molar-refractivity contribution in [2.45, 2.75) is 19.4 Å². The van der Waals surface area contributed by atoms with E-state index in [1.807, 2.05) is 12.3 Å². The number of carbonyl (C=O) groups is 1. The molecule has 2 rings (SSSR count). The molecule has 0 spiro atoms. The van der Waals surface area contributed by atoms with Gasteiger partial charge in [-0.2, -0.15) is 11.3 Å². The molecule has 1 unspecified atom stereocenters. The molecule has 1 aromatic heterocycles. The standard InChI is InChI=1S/C15H16N2O4S/c1-2-10-3-4-11(7-13(10)17(20)21)15(19)16-8-14(18)12-5-6-22-9-12/h3-7,9,14,18H,2,8H2,1H3,(H,16,19). The van der Waals surface area contributed by atoms with Gasteiger partial charge in [-0.15, -0.1) is 0 Å². The van der Waals surface area contributed by atoms with Crippen molar-refractivity contribution < 1.29 is 14.8 Å². The molecular weight excluding hydrogens is 304 g/mol. The van der Waals surface area contributed by atoms with E-state index in [0.717, 1.165) is 5.56 Å². The van der Waals surface area contributed by atoms with E-state index in [-0.39, 0.29) is 17.8 Å². The second kappa shape index (κ2) is 7.15. The zero-order chi connectivity index (χ0) is 16.1. The first-order valence-electron chi connectivity index (χ1n) is 6.78. The summed E-state index contributed by atoms with van der Waals surface area (Å²) in [5.74, 6) is -0.444. The molecule has 22 heavy (non-hydrogen) atoms. The molecule has 0 aliphatic rings. The van der Waals surface area contributed by atoms with E-state index in [1.165, 1.54) is 17.4 Å². The van der Waals surface area contributed by atoms with E-state index in [4.69, 9.17) is 0 Å². The van der Waals surface area contributed by atoms with E-state index in [2.05, 4.69) is 5.32 Å². The number of aryl methyl sites for hydroxylation is 1. The van der Waals surface area contributed by atoms with Gasteiger partial charge in [0.15, 0.2) is 0 Å². The lowest BCUT2D eigenvalue weighted by molar-refractivity contribution is -0.385. The number of hydrogen-bond donors (Lipinski definition) is 2. The second-order valence-corrected chi connectivity index (χ2v) is 5.52. The van der Waals surface area contributed by atoms with Crippen LogP contribution in [-0.4, -0.2) is 22.5 Å². The minimum atomic E-state index is -0.792. The highest BCUT2D eigenvalue weighted by Crippen LogP contribution is 2.21. The van der Waals surface area contributed by atoms with Crippen molar-refractivity contribution in [1.29, 1.82) is 0 Å². The predicted octanol–water partition coefficient (Wildman–Crippen LogP) is 2.68. The Labute approximate surface area is 131 Å². The van der Waals surface area contributed by atoms with Gasteiger partial charge in [-0.25, -0.2) is 0 Å². The smallest absolute Gasteiger partial charge is 0.273 e. The number of hydrogen-bond acceptors (Lipinski definition) is 5. The molecule has 1 heterocycles. The average molecular weight is 320 g/mol. The monoisotopic (exact) mass is 320 g/mol. The van der Waals surface area contributed by atoms with Gasteiger partial charge in [0.05, 0.1) is 11.0 Å². The van der Waals surface area contributed by atoms with Gasteiger partial charge in [0.25, 0.3) is 11.6 Å². The highest BCUT2D eigenvalue weighted by Gasteiger charge is 2.17. The fourth-order valence-corrected chi connectivity index (χ4v) is 2.75. The van der Waals surface area contributed by atoms with Crippen LogP contribution in [-0.2, 0) is 6.42 Å². The summed E-state index contributed by atoms with van der Waals surface area (Å²) < 4.78 is 0. The van der Waals surface area contributed by atoms with Crippen LogP contribution in [0.4, 0.5) is 5.69 Å². The first-order valence-corrected chi connectivity index (χ1v) is 7.73. The number of benzene rings is 1. The number of rotatable bonds is 6. The third-order valence-electron chi connectivity index (χ3n) is 3.31. The molecule has 0 fully saturated rings. The molecule has 0 saturated carbocycles. The molecular formula is C15H16N2O4S. The van der Waals surface area contributed by atoms with Crippen molar-refractivity contribution in [3.8, 4) is 0 Å². The molecule has 0 saturated heterocycles. The summed E-state index contributed by atoms with van der Waals surface area (Å²) in [4.78, 5) is 22.6. The van der Waals surface area contributed by atoms with Gasteiger partial charge < -0.3 is 10.4 Å². The van der Waals surface area contributed by atoms with Gasteiger partial charge >= 0.3 is 0 Å². The molecule has 6 nitrogen and oxygen atoms in total. The maximum absolute atomic E-state index is 12.1. The van der Waals surface area contributed by atoms with Gasteiger partial charge in [-0.05, 0) is 34.9 Å². The number of thiophene rings is 1. The number of amides is 1. The minimum absolute atomic E-state index is 0.0545. The SMILES string of the molecule is CCc1ccc(C(=O)NCC(O)c2ccsc2)cc1[N+](=O)[O-]. The Morgan fingerprint density at radius 3 is 2.82 bits per heavy atom. The summed E-state index contributed by atoms with van der Waals surface area (Å²) >= 11 is 1.46. The van der Waals surface area contributed by atoms with Crippen LogP contribution in [0.2, 0.25) is 0 Å². The van der Waals surface area contributed by atoms with Crippen molar-refractivity contribution in [2.24, 2.45) is 0 Å². The molecule has 116 valence electrons. The summed E-state index contributed by atoms with van der Waals surface area (Å²) in [7, 11) is 0. The third kappa shape index (κ3) is 3.69. The van der Waals surface area contributed by atoms with Crippen LogP contribution >= 0.6 is 11.3 Å². The summed E-state index contributed by atoms with van der Waals surface area (Å²) in [6, 6.07) is 6.19. The van der Waals surface area contributed by atoms with Crippen molar-refractivity contribution in [3.05, 3.63) is 61.8 Å². The normalized spacial score (nSPS) is 11.9. The van der Waals surface area contributed by atoms with Gasteiger partial charge in [0.2, 0.25) is 0 Å². The molecule has 2 aromatic rings. The molecule has 2 N–H and O–H groups in total. The van der Waals surface area contributed by atoms with Crippen molar-refractivity contribution in [1.82, 2.24) is 5.32 Å². The second-order valence-electron chi connectivity index (χ2n) is 4.74. The molecule has 0 radical (unpaired) electrons. The van der Waals surface area contributed by atoms with Gasteiger partial charge in [0.1, 0.15) is 0 Å². The molecule has 1 atom stereocenters. The largest absolute Gasteiger partial charge is 0.387 e. The first kappa shape index (κ1) is 16.1. The number of nitro benzene ring substituents is 1. The number of aliphatic hydroxyl groups excluding tert-OH is 1. The number of carbonyl (C=O) groups excluding carboxylic acids is 1. The summed E-state index contributed by atoms with van der Waals surface area (Å²) in [6.45, 7) is 1.87. The lowest BCUT2D eigenvalue weighted by Gasteiger charge is -2.11. The highest BCUT2D eigenvalue weighted by atomic mass is 32.1. The molecule has 0 aliphatic carbocycles. The maximum Gasteiger partial charge on any atom is 0.273 e. The Kier molecular flexibility index (Phi) is 5.24. The van der Waals surface area contributed by atoms with Crippen LogP contribution in [0.5, 0.6) is 0 Å². The fraction of sp³-hybridized carbons (Fsp3) is 0.267. The topological polar surface area (TPSA) is 92.5 Å². The van der Waals surface area contributed by atoms with E-state index >= 15 is 0 Å². The minimum Gasteiger partial charge on any atom is -0.387 e. The fourth-order valence-electron chi connectivity index (χ4n) is 2.05. The lowest BCUT2D eigenvalue weighted by atomic mass is 10.1. The summed E-state index contributed by atoms with van der Waals surface area (Å²) in [5, 5.41) is 27.2. The van der Waals surface area contributed by atoms with E-state index in [9.17, 15) is 20.0 Å². The Morgan fingerprint density at radius 2 is 2.23 bits per heavy atom. The summed E-state index contributed by atoms with van der Waals surface area (Å²) in [6.07, 6.45) is -0.269. The predicted molar refractivity (Wildman–Crippen MR) is 84.1 cm³/mol. The van der Waals surface area contributed by atoms with Crippen molar-refractivity contribution >= 4 is 22.9 Å². The molecule has 1 aromatic carbocycles. The zero-order valence-corrected chi connectivity index (χ0v) is 12.8. The van der Waals surface area contributed by atoms with Gasteiger partial charge in [0, 0.05) is 23.7 Å². The molecule has 1 amide bonds. The third-order valence-corrected chi connectivity index (χ3v) is 4.01. The van der Waals surface area contributed by atoms with Crippen LogP contribution < -0.4 is 5.32 Å². The van der Waals surface area contributed by atoms with Crippen LogP contribution in [0.15, 0.2) is 35.0 Å².